The number of hydrogen-bond donors (Lipinski definition) is 1. The molecule has 0 unspecified atom stereocenters. The van der Waals surface area contributed by atoms with Gasteiger partial charge in [0.25, 0.3) is 0 Å². The van der Waals surface area contributed by atoms with Gasteiger partial charge in [0.2, 0.25) is 0 Å². The van der Waals surface area contributed by atoms with Crippen molar-refractivity contribution in [1.82, 2.24) is 0 Å². The standard InChI is InChI=1S/C25H26N2/c1-4-23(24(26)20-14-10-18(2)11-15-20)25(21-8-6-5-7-9-21)27-22-16-12-19(3)13-17-22/h5-17H,4,26H2,1-3H3/b24-23-,27-25?. The number of hydrogen-bond acceptors (Lipinski definition) is 2. The minimum atomic E-state index is 0.784. The van der Waals surface area contributed by atoms with E-state index in [-0.39, 0.29) is 0 Å². The van der Waals surface area contributed by atoms with Crippen molar-refractivity contribution in [3.05, 3.63) is 107 Å². The number of nitrogens with two attached hydrogens (primary N) is 1. The fraction of sp³-hybridized carbons (Fsp3) is 0.160. The first kappa shape index (κ1) is 18.7. The molecule has 2 nitrogen and oxygen atoms in total. The molecule has 136 valence electrons. The Morgan fingerprint density at radius 3 is 1.85 bits per heavy atom. The fourth-order valence-corrected chi connectivity index (χ4v) is 3.04. The van der Waals surface area contributed by atoms with Crippen molar-refractivity contribution in [2.75, 3.05) is 0 Å². The molecule has 0 aliphatic carbocycles. The molecular weight excluding hydrogens is 328 g/mol. The Labute approximate surface area is 162 Å². The molecule has 2 heteroatoms. The average Bonchev–Trinajstić information content (AvgIpc) is 2.70. The minimum Gasteiger partial charge on any atom is -0.398 e. The summed E-state index contributed by atoms with van der Waals surface area (Å²) in [6, 6.07) is 26.9. The van der Waals surface area contributed by atoms with Gasteiger partial charge in [0.15, 0.2) is 0 Å². The van der Waals surface area contributed by atoms with E-state index in [0.717, 1.165) is 40.2 Å². The smallest absolute Gasteiger partial charge is 0.0761 e. The van der Waals surface area contributed by atoms with Gasteiger partial charge in [0.1, 0.15) is 0 Å². The maximum Gasteiger partial charge on any atom is 0.0761 e. The molecule has 3 aromatic carbocycles. The molecule has 2 N–H and O–H groups in total. The topological polar surface area (TPSA) is 38.4 Å². The van der Waals surface area contributed by atoms with Crippen molar-refractivity contribution < 1.29 is 0 Å². The number of nitrogens with zero attached hydrogens (tertiary/aromatic N) is 1. The number of aliphatic imine (C=N–C) groups is 1. The molecule has 3 rings (SSSR count). The van der Waals surface area contributed by atoms with Crippen molar-refractivity contribution in [3.63, 3.8) is 0 Å². The summed E-state index contributed by atoms with van der Waals surface area (Å²) in [7, 11) is 0. The Balaban J connectivity index is 2.17. The second kappa shape index (κ2) is 8.50. The summed E-state index contributed by atoms with van der Waals surface area (Å²) in [6.07, 6.45) is 0.805. The minimum absolute atomic E-state index is 0.784. The molecule has 0 atom stereocenters. The van der Waals surface area contributed by atoms with Crippen LogP contribution in [0.1, 0.15) is 35.6 Å². The van der Waals surface area contributed by atoms with Crippen molar-refractivity contribution in [1.29, 1.82) is 0 Å². The van der Waals surface area contributed by atoms with Crippen LogP contribution < -0.4 is 5.73 Å². The van der Waals surface area contributed by atoms with Gasteiger partial charge in [0.05, 0.1) is 11.4 Å². The molecular formula is C25H26N2. The molecule has 0 aromatic heterocycles. The summed E-state index contributed by atoms with van der Waals surface area (Å²) >= 11 is 0. The van der Waals surface area contributed by atoms with Gasteiger partial charge in [-0.25, -0.2) is 4.99 Å². The first-order valence-corrected chi connectivity index (χ1v) is 9.35. The van der Waals surface area contributed by atoms with Gasteiger partial charge in [-0.1, -0.05) is 84.8 Å². The van der Waals surface area contributed by atoms with Crippen LogP contribution in [0.3, 0.4) is 0 Å². The van der Waals surface area contributed by atoms with E-state index in [1.807, 2.05) is 30.3 Å². The largest absolute Gasteiger partial charge is 0.398 e. The molecule has 0 saturated heterocycles. The van der Waals surface area contributed by atoms with E-state index < -0.39 is 0 Å². The molecule has 3 aromatic rings. The third-order valence-electron chi connectivity index (χ3n) is 4.65. The van der Waals surface area contributed by atoms with Crippen LogP contribution >= 0.6 is 0 Å². The molecule has 0 saturated carbocycles. The van der Waals surface area contributed by atoms with Crippen LogP contribution in [0.25, 0.3) is 5.70 Å². The average molecular weight is 354 g/mol. The molecule has 0 amide bonds. The monoisotopic (exact) mass is 354 g/mol. The van der Waals surface area contributed by atoms with Crippen molar-refractivity contribution in [2.45, 2.75) is 27.2 Å². The number of benzene rings is 3. The van der Waals surface area contributed by atoms with E-state index >= 15 is 0 Å². The second-order valence-corrected chi connectivity index (χ2v) is 6.77. The number of rotatable bonds is 5. The van der Waals surface area contributed by atoms with Gasteiger partial charge in [-0.2, -0.15) is 0 Å². The fourth-order valence-electron chi connectivity index (χ4n) is 3.04. The lowest BCUT2D eigenvalue weighted by atomic mass is 9.95. The molecule has 0 aliphatic heterocycles. The van der Waals surface area contributed by atoms with Gasteiger partial charge in [-0.3, -0.25) is 0 Å². The first-order valence-electron chi connectivity index (χ1n) is 9.35. The maximum absolute atomic E-state index is 6.61. The molecule has 0 spiro atoms. The molecule has 0 aliphatic rings. The zero-order valence-electron chi connectivity index (χ0n) is 16.2. The third-order valence-corrected chi connectivity index (χ3v) is 4.65. The van der Waals surface area contributed by atoms with E-state index in [0.29, 0.717) is 0 Å². The normalized spacial score (nSPS) is 12.6. The molecule has 0 fully saturated rings. The van der Waals surface area contributed by atoms with E-state index in [1.165, 1.54) is 11.1 Å². The van der Waals surface area contributed by atoms with Crippen LogP contribution in [-0.2, 0) is 0 Å². The zero-order chi connectivity index (χ0) is 19.2. The lowest BCUT2D eigenvalue weighted by Gasteiger charge is -2.15. The maximum atomic E-state index is 6.61. The Kier molecular flexibility index (Phi) is 5.87. The van der Waals surface area contributed by atoms with Crippen molar-refractivity contribution in [2.24, 2.45) is 10.7 Å². The Hall–Kier alpha value is -3.13. The van der Waals surface area contributed by atoms with E-state index in [2.05, 4.69) is 69.3 Å². The van der Waals surface area contributed by atoms with Crippen LogP contribution in [0.5, 0.6) is 0 Å². The molecule has 0 radical (unpaired) electrons. The number of allylic oxidation sites excluding steroid dienone is 1. The highest BCUT2D eigenvalue weighted by atomic mass is 14.8. The predicted octanol–water partition coefficient (Wildman–Crippen LogP) is 6.20. The quantitative estimate of drug-likeness (QED) is 0.544. The van der Waals surface area contributed by atoms with Crippen molar-refractivity contribution in [3.8, 4) is 0 Å². The van der Waals surface area contributed by atoms with Crippen LogP contribution in [0.15, 0.2) is 89.4 Å². The lowest BCUT2D eigenvalue weighted by molar-refractivity contribution is 1.16. The Morgan fingerprint density at radius 2 is 1.30 bits per heavy atom. The predicted molar refractivity (Wildman–Crippen MR) is 116 cm³/mol. The van der Waals surface area contributed by atoms with Crippen LogP contribution in [-0.4, -0.2) is 5.71 Å². The highest BCUT2D eigenvalue weighted by Crippen LogP contribution is 2.24. The van der Waals surface area contributed by atoms with E-state index in [9.17, 15) is 0 Å². The van der Waals surface area contributed by atoms with Crippen LogP contribution in [0, 0.1) is 13.8 Å². The molecule has 27 heavy (non-hydrogen) atoms. The van der Waals surface area contributed by atoms with Crippen molar-refractivity contribution >= 4 is 17.1 Å². The zero-order valence-corrected chi connectivity index (χ0v) is 16.2. The summed E-state index contributed by atoms with van der Waals surface area (Å²) in [5.41, 5.74) is 14.9. The van der Waals surface area contributed by atoms with Gasteiger partial charge >= 0.3 is 0 Å². The van der Waals surface area contributed by atoms with Crippen LogP contribution in [0.4, 0.5) is 5.69 Å². The summed E-state index contributed by atoms with van der Waals surface area (Å²) < 4.78 is 0. The van der Waals surface area contributed by atoms with E-state index in [4.69, 9.17) is 10.7 Å². The third kappa shape index (κ3) is 4.53. The highest BCUT2D eigenvalue weighted by Gasteiger charge is 2.14. The second-order valence-electron chi connectivity index (χ2n) is 6.77. The Bertz CT molecular complexity index is 947. The van der Waals surface area contributed by atoms with E-state index in [1.54, 1.807) is 0 Å². The van der Waals surface area contributed by atoms with Gasteiger partial charge in [-0.15, -0.1) is 0 Å². The lowest BCUT2D eigenvalue weighted by Crippen LogP contribution is -2.11. The summed E-state index contributed by atoms with van der Waals surface area (Å²) in [5, 5.41) is 0. The van der Waals surface area contributed by atoms with Gasteiger partial charge in [0, 0.05) is 16.8 Å². The van der Waals surface area contributed by atoms with Crippen LogP contribution in [0.2, 0.25) is 0 Å². The van der Waals surface area contributed by atoms with Gasteiger partial charge in [-0.05, 0) is 38.0 Å². The number of aryl methyl sites for hydroxylation is 2. The SMILES string of the molecule is CC/C(C(=Nc1ccc(C)cc1)c1ccccc1)=C(/N)c1ccc(C)cc1. The van der Waals surface area contributed by atoms with Gasteiger partial charge < -0.3 is 5.73 Å². The summed E-state index contributed by atoms with van der Waals surface area (Å²) in [5.74, 6) is 0. The Morgan fingerprint density at radius 1 is 0.741 bits per heavy atom. The molecule has 0 heterocycles. The summed E-state index contributed by atoms with van der Waals surface area (Å²) in [4.78, 5) is 4.98. The first-order chi connectivity index (χ1) is 13.1. The highest BCUT2D eigenvalue weighted by molar-refractivity contribution is 6.17. The molecule has 0 bridgehead atoms. The summed E-state index contributed by atoms with van der Waals surface area (Å²) in [6.45, 7) is 6.29.